The SMILES string of the molecule is O=C1[C@@H]2[C@H]3C=C[C@@H]([C@@H]4C[C@H]34)[C@H]2C(=O)N1CNc1ccc(Br)cc1. The minimum absolute atomic E-state index is 0.0225. The van der Waals surface area contributed by atoms with E-state index in [-0.39, 0.29) is 30.3 Å². The number of hydrogen-bond acceptors (Lipinski definition) is 3. The number of hydrogen-bond donors (Lipinski definition) is 1. The van der Waals surface area contributed by atoms with E-state index < -0.39 is 0 Å². The molecule has 1 N–H and O–H groups in total. The van der Waals surface area contributed by atoms with Crippen LogP contribution in [0.25, 0.3) is 0 Å². The van der Waals surface area contributed by atoms with Gasteiger partial charge in [-0.15, -0.1) is 0 Å². The van der Waals surface area contributed by atoms with Gasteiger partial charge in [-0.25, -0.2) is 0 Å². The van der Waals surface area contributed by atoms with Crippen molar-refractivity contribution < 1.29 is 9.59 Å². The van der Waals surface area contributed by atoms with Crippen LogP contribution in [0.1, 0.15) is 6.42 Å². The fourth-order valence-corrected chi connectivity index (χ4v) is 5.18. The molecule has 2 amide bonds. The van der Waals surface area contributed by atoms with Crippen molar-refractivity contribution in [2.24, 2.45) is 35.5 Å². The minimum atomic E-state index is -0.104. The zero-order valence-electron chi connectivity index (χ0n) is 12.5. The van der Waals surface area contributed by atoms with Gasteiger partial charge in [-0.05, 0) is 54.4 Å². The summed E-state index contributed by atoms with van der Waals surface area (Å²) in [4.78, 5) is 27.0. The summed E-state index contributed by atoms with van der Waals surface area (Å²) in [6.45, 7) is 0.265. The van der Waals surface area contributed by atoms with E-state index in [0.29, 0.717) is 23.7 Å². The van der Waals surface area contributed by atoms with Gasteiger partial charge in [-0.3, -0.25) is 14.5 Å². The topological polar surface area (TPSA) is 49.4 Å². The summed E-state index contributed by atoms with van der Waals surface area (Å²) < 4.78 is 1.00. The summed E-state index contributed by atoms with van der Waals surface area (Å²) in [6.07, 6.45) is 5.61. The van der Waals surface area contributed by atoms with Crippen LogP contribution in [0.15, 0.2) is 40.9 Å². The molecule has 0 aromatic heterocycles. The Morgan fingerprint density at radius 2 is 1.57 bits per heavy atom. The molecule has 6 rings (SSSR count). The highest BCUT2D eigenvalue weighted by atomic mass is 79.9. The van der Waals surface area contributed by atoms with Crippen LogP contribution in [0, 0.1) is 35.5 Å². The van der Waals surface area contributed by atoms with Gasteiger partial charge in [0.2, 0.25) is 11.8 Å². The molecule has 3 fully saturated rings. The van der Waals surface area contributed by atoms with Crippen LogP contribution >= 0.6 is 15.9 Å². The lowest BCUT2D eigenvalue weighted by Gasteiger charge is -2.37. The van der Waals surface area contributed by atoms with Crippen molar-refractivity contribution in [3.63, 3.8) is 0 Å². The second-order valence-corrected chi connectivity index (χ2v) is 8.02. The quantitative estimate of drug-likeness (QED) is 0.655. The van der Waals surface area contributed by atoms with Gasteiger partial charge in [0.15, 0.2) is 0 Å². The molecule has 0 spiro atoms. The maximum absolute atomic E-state index is 12.8. The van der Waals surface area contributed by atoms with Crippen molar-refractivity contribution in [2.75, 3.05) is 12.0 Å². The molecule has 1 heterocycles. The number of nitrogens with zero attached hydrogens (tertiary/aromatic N) is 1. The lowest BCUT2D eigenvalue weighted by atomic mass is 9.63. The summed E-state index contributed by atoms with van der Waals surface area (Å²) in [5, 5.41) is 3.20. The van der Waals surface area contributed by atoms with E-state index in [4.69, 9.17) is 0 Å². The van der Waals surface area contributed by atoms with Crippen molar-refractivity contribution in [3.8, 4) is 0 Å². The zero-order chi connectivity index (χ0) is 15.7. The largest absolute Gasteiger partial charge is 0.367 e. The molecule has 23 heavy (non-hydrogen) atoms. The Morgan fingerprint density at radius 3 is 2.13 bits per heavy atom. The number of benzene rings is 1. The van der Waals surface area contributed by atoms with Crippen LogP contribution < -0.4 is 5.32 Å². The Hall–Kier alpha value is -1.62. The molecular formula is C18H17BrN2O2. The number of carbonyl (C=O) groups excluding carboxylic acids is 2. The average Bonchev–Trinajstić information content (AvgIpc) is 3.33. The number of carbonyl (C=O) groups is 2. The Balaban J connectivity index is 1.36. The highest BCUT2D eigenvalue weighted by molar-refractivity contribution is 9.10. The van der Waals surface area contributed by atoms with Gasteiger partial charge in [-0.2, -0.15) is 0 Å². The Labute approximate surface area is 143 Å². The van der Waals surface area contributed by atoms with Gasteiger partial charge in [0, 0.05) is 10.2 Å². The first kappa shape index (κ1) is 13.8. The summed E-state index contributed by atoms with van der Waals surface area (Å²) in [5.41, 5.74) is 0.910. The van der Waals surface area contributed by atoms with Gasteiger partial charge in [0.1, 0.15) is 0 Å². The normalized spacial score (nSPS) is 39.4. The van der Waals surface area contributed by atoms with Gasteiger partial charge >= 0.3 is 0 Å². The van der Waals surface area contributed by atoms with Crippen LogP contribution in [0.3, 0.4) is 0 Å². The Bertz CT molecular complexity index is 693. The van der Waals surface area contributed by atoms with E-state index in [2.05, 4.69) is 33.4 Å². The molecule has 2 bridgehead atoms. The molecule has 2 saturated carbocycles. The molecule has 5 heteroatoms. The molecule has 0 unspecified atom stereocenters. The minimum Gasteiger partial charge on any atom is -0.367 e. The van der Waals surface area contributed by atoms with Crippen LogP contribution in [-0.4, -0.2) is 23.4 Å². The van der Waals surface area contributed by atoms with Gasteiger partial charge in [0.05, 0.1) is 18.5 Å². The highest BCUT2D eigenvalue weighted by Crippen LogP contribution is 2.65. The van der Waals surface area contributed by atoms with Crippen molar-refractivity contribution in [3.05, 3.63) is 40.9 Å². The maximum atomic E-state index is 12.8. The van der Waals surface area contributed by atoms with Crippen LogP contribution in [0.2, 0.25) is 0 Å². The molecule has 1 saturated heterocycles. The van der Waals surface area contributed by atoms with E-state index in [1.807, 2.05) is 24.3 Å². The first-order valence-corrected chi connectivity index (χ1v) is 8.97. The summed E-state index contributed by atoms with van der Waals surface area (Å²) >= 11 is 3.40. The third kappa shape index (κ3) is 1.89. The number of imide groups is 1. The first-order valence-electron chi connectivity index (χ1n) is 8.18. The second kappa shape index (κ2) is 4.69. The lowest BCUT2D eigenvalue weighted by molar-refractivity contribution is -0.139. The van der Waals surface area contributed by atoms with E-state index in [0.717, 1.165) is 10.2 Å². The van der Waals surface area contributed by atoms with Crippen LogP contribution in [0.4, 0.5) is 5.69 Å². The first-order chi connectivity index (χ1) is 11.1. The number of likely N-dealkylation sites (tertiary alicyclic amines) is 1. The van der Waals surface area contributed by atoms with Gasteiger partial charge in [0.25, 0.3) is 0 Å². The van der Waals surface area contributed by atoms with E-state index >= 15 is 0 Å². The number of anilines is 1. The van der Waals surface area contributed by atoms with Crippen LogP contribution in [0.5, 0.6) is 0 Å². The molecule has 1 aromatic rings. The zero-order valence-corrected chi connectivity index (χ0v) is 14.1. The number of rotatable bonds is 3. The summed E-state index contributed by atoms with van der Waals surface area (Å²) in [6, 6.07) is 7.74. The monoisotopic (exact) mass is 372 g/mol. The predicted octanol–water partition coefficient (Wildman–Crippen LogP) is 2.87. The standard InChI is InChI=1S/C18H17BrN2O2/c19-9-1-3-10(4-2-9)20-8-21-17(22)15-11-5-6-12(14-7-13(11)14)16(15)18(21)23/h1-6,11-16,20H,7-8H2/t11-,12-,13-,14+,15+,16+/m0/s1. The van der Waals surface area contributed by atoms with Crippen molar-refractivity contribution >= 4 is 33.4 Å². The number of amides is 2. The number of nitrogens with one attached hydrogen (secondary N) is 1. The molecule has 0 radical (unpaired) electrons. The van der Waals surface area contributed by atoms with E-state index in [9.17, 15) is 9.59 Å². The van der Waals surface area contributed by atoms with Gasteiger partial charge in [-0.1, -0.05) is 28.1 Å². The fourth-order valence-electron chi connectivity index (χ4n) is 4.91. The number of halogens is 1. The molecule has 1 aliphatic heterocycles. The Morgan fingerprint density at radius 1 is 1.00 bits per heavy atom. The molecule has 1 aromatic carbocycles. The lowest BCUT2D eigenvalue weighted by Crippen LogP contribution is -2.40. The number of allylic oxidation sites excluding steroid dienone is 2. The summed E-state index contributed by atoms with van der Waals surface area (Å²) in [7, 11) is 0. The smallest absolute Gasteiger partial charge is 0.235 e. The maximum Gasteiger partial charge on any atom is 0.235 e. The second-order valence-electron chi connectivity index (χ2n) is 7.10. The third-order valence-electron chi connectivity index (χ3n) is 6.04. The molecule has 6 atom stereocenters. The molecule has 5 aliphatic rings. The predicted molar refractivity (Wildman–Crippen MR) is 89.2 cm³/mol. The molecule has 4 nitrogen and oxygen atoms in total. The van der Waals surface area contributed by atoms with Crippen molar-refractivity contribution in [2.45, 2.75) is 6.42 Å². The average molecular weight is 373 g/mol. The summed E-state index contributed by atoms with van der Waals surface area (Å²) in [5.74, 6) is 1.74. The Kier molecular flexibility index (Phi) is 2.81. The fraction of sp³-hybridized carbons (Fsp3) is 0.444. The molecular weight excluding hydrogens is 356 g/mol. The van der Waals surface area contributed by atoms with Crippen molar-refractivity contribution in [1.82, 2.24) is 4.90 Å². The van der Waals surface area contributed by atoms with Crippen molar-refractivity contribution in [1.29, 1.82) is 0 Å². The third-order valence-corrected chi connectivity index (χ3v) is 6.57. The van der Waals surface area contributed by atoms with E-state index in [1.165, 1.54) is 11.3 Å². The molecule has 118 valence electrons. The van der Waals surface area contributed by atoms with E-state index in [1.54, 1.807) is 0 Å². The van der Waals surface area contributed by atoms with Gasteiger partial charge < -0.3 is 5.32 Å². The highest BCUT2D eigenvalue weighted by Gasteiger charge is 2.66. The molecule has 4 aliphatic carbocycles. The van der Waals surface area contributed by atoms with Crippen LogP contribution in [-0.2, 0) is 9.59 Å².